The van der Waals surface area contributed by atoms with Crippen LogP contribution in [-0.2, 0) is 5.41 Å². The Hall–Kier alpha value is -7.24. The van der Waals surface area contributed by atoms with Crippen molar-refractivity contribution in [3.63, 3.8) is 0 Å². The van der Waals surface area contributed by atoms with Gasteiger partial charge < -0.3 is 9.52 Å². The second-order valence-corrected chi connectivity index (χ2v) is 14.8. The van der Waals surface area contributed by atoms with E-state index in [1.165, 1.54) is 5.56 Å². The van der Waals surface area contributed by atoms with Crippen LogP contribution in [0.15, 0.2) is 187 Å². The lowest BCUT2D eigenvalue weighted by atomic mass is 9.76. The summed E-state index contributed by atoms with van der Waals surface area (Å²) in [5.74, 6) is 0.832. The Morgan fingerprint density at radius 1 is 0.536 bits per heavy atom. The highest BCUT2D eigenvalue weighted by Crippen LogP contribution is 2.43. The van der Waals surface area contributed by atoms with Gasteiger partial charge in [0.15, 0.2) is 5.58 Å². The maximum Gasteiger partial charge on any atom is 0.153 e. The Bertz CT molecular complexity index is 3070. The van der Waals surface area contributed by atoms with E-state index in [9.17, 15) is 5.11 Å². The van der Waals surface area contributed by atoms with Crippen LogP contribution >= 0.6 is 0 Å². The molecule has 3 aromatic heterocycles. The standard InChI is InChI=1S/C51H37N3O2/c1-51(2,36-18-7-4-8-19-36)37-29-34(28-35(30-37)43-31-42-40-21-11-14-27-47(40)56-48(42)32-52-43)39-23-15-25-45-49(39)53-50(41-22-10-13-26-46(41)55)54(45)44-24-12-9-20-38(44)33-16-5-3-6-17-33/h3-32,55H,1-2H3. The van der Waals surface area contributed by atoms with Crippen molar-refractivity contribution in [1.29, 1.82) is 0 Å². The van der Waals surface area contributed by atoms with Crippen molar-refractivity contribution < 1.29 is 9.52 Å². The lowest BCUT2D eigenvalue weighted by Crippen LogP contribution is -2.19. The van der Waals surface area contributed by atoms with E-state index < -0.39 is 0 Å². The van der Waals surface area contributed by atoms with Gasteiger partial charge >= 0.3 is 0 Å². The van der Waals surface area contributed by atoms with E-state index in [1.807, 2.05) is 48.7 Å². The molecule has 0 aliphatic carbocycles. The number of aromatic hydroxyl groups is 1. The third kappa shape index (κ3) is 5.56. The van der Waals surface area contributed by atoms with Gasteiger partial charge in [0, 0.05) is 32.9 Å². The molecular weight excluding hydrogens is 687 g/mol. The number of phenolic OH excluding ortho intramolecular Hbond substituents is 1. The fourth-order valence-corrected chi connectivity index (χ4v) is 8.05. The van der Waals surface area contributed by atoms with Crippen LogP contribution in [0.1, 0.15) is 25.0 Å². The number of aromatic nitrogens is 3. The Morgan fingerprint density at radius 3 is 2.04 bits per heavy atom. The number of fused-ring (bicyclic) bond motifs is 4. The Kier molecular flexibility index (Phi) is 7.89. The molecule has 3 heterocycles. The number of hydrogen-bond donors (Lipinski definition) is 1. The molecule has 0 saturated heterocycles. The van der Waals surface area contributed by atoms with Crippen molar-refractivity contribution in [2.45, 2.75) is 19.3 Å². The van der Waals surface area contributed by atoms with Gasteiger partial charge in [0.25, 0.3) is 0 Å². The average molecular weight is 724 g/mol. The van der Waals surface area contributed by atoms with Crippen molar-refractivity contribution in [1.82, 2.24) is 14.5 Å². The van der Waals surface area contributed by atoms with Crippen LogP contribution in [0.4, 0.5) is 0 Å². The van der Waals surface area contributed by atoms with Crippen LogP contribution in [0, 0.1) is 0 Å². The summed E-state index contributed by atoms with van der Waals surface area (Å²) in [6.45, 7) is 4.55. The Balaban J connectivity index is 1.24. The molecule has 5 nitrogen and oxygen atoms in total. The quantitative estimate of drug-likeness (QED) is 0.178. The number of benzene rings is 7. The van der Waals surface area contributed by atoms with E-state index in [4.69, 9.17) is 14.4 Å². The zero-order valence-electron chi connectivity index (χ0n) is 31.0. The molecule has 0 fully saturated rings. The lowest BCUT2D eigenvalue weighted by molar-refractivity contribution is 0.477. The monoisotopic (exact) mass is 723 g/mol. The number of phenols is 1. The molecule has 0 bridgehead atoms. The molecule has 5 heteroatoms. The van der Waals surface area contributed by atoms with Crippen molar-refractivity contribution in [3.8, 4) is 56.3 Å². The van der Waals surface area contributed by atoms with Gasteiger partial charge in [-0.15, -0.1) is 0 Å². The van der Waals surface area contributed by atoms with Gasteiger partial charge in [0.05, 0.1) is 34.2 Å². The van der Waals surface area contributed by atoms with E-state index in [0.717, 1.165) is 77.7 Å². The molecule has 0 saturated carbocycles. The number of para-hydroxylation sites is 4. The number of nitrogens with zero attached hydrogens (tertiary/aromatic N) is 3. The van der Waals surface area contributed by atoms with E-state index >= 15 is 0 Å². The average Bonchev–Trinajstić information content (AvgIpc) is 3.83. The molecule has 0 amide bonds. The number of hydrogen-bond acceptors (Lipinski definition) is 4. The summed E-state index contributed by atoms with van der Waals surface area (Å²) >= 11 is 0. The molecular formula is C51H37N3O2. The minimum absolute atomic E-state index is 0.171. The van der Waals surface area contributed by atoms with Gasteiger partial charge in [0.2, 0.25) is 0 Å². The van der Waals surface area contributed by atoms with Crippen LogP contribution in [0.5, 0.6) is 5.75 Å². The first-order chi connectivity index (χ1) is 27.4. The van der Waals surface area contributed by atoms with Gasteiger partial charge in [-0.05, 0) is 70.8 Å². The summed E-state index contributed by atoms with van der Waals surface area (Å²) in [6.07, 6.45) is 1.84. The summed E-state index contributed by atoms with van der Waals surface area (Å²) in [5.41, 5.74) is 13.1. The number of pyridine rings is 1. The smallest absolute Gasteiger partial charge is 0.153 e. The Morgan fingerprint density at radius 2 is 1.21 bits per heavy atom. The number of imidazole rings is 1. The van der Waals surface area contributed by atoms with Crippen LogP contribution < -0.4 is 0 Å². The molecule has 0 radical (unpaired) electrons. The predicted octanol–water partition coefficient (Wildman–Crippen LogP) is 13.0. The molecule has 0 spiro atoms. The van der Waals surface area contributed by atoms with E-state index in [1.54, 1.807) is 6.07 Å². The van der Waals surface area contributed by atoms with Gasteiger partial charge in [-0.25, -0.2) is 4.98 Å². The normalized spacial score (nSPS) is 11.8. The molecule has 56 heavy (non-hydrogen) atoms. The highest BCUT2D eigenvalue weighted by molar-refractivity contribution is 6.06. The third-order valence-corrected chi connectivity index (χ3v) is 11.1. The summed E-state index contributed by atoms with van der Waals surface area (Å²) < 4.78 is 8.35. The number of furan rings is 1. The zero-order valence-corrected chi connectivity index (χ0v) is 31.0. The topological polar surface area (TPSA) is 64.1 Å². The SMILES string of the molecule is CC(C)(c1ccccc1)c1cc(-c2cc3c(cn2)oc2ccccc23)cc(-c2cccc3c2nc(-c2ccccc2O)n3-c2ccccc2-c2ccccc2)c1. The highest BCUT2D eigenvalue weighted by Gasteiger charge is 2.26. The van der Waals surface area contributed by atoms with Crippen LogP contribution in [0.3, 0.4) is 0 Å². The highest BCUT2D eigenvalue weighted by atomic mass is 16.3. The minimum atomic E-state index is -0.332. The van der Waals surface area contributed by atoms with E-state index in [0.29, 0.717) is 11.4 Å². The molecule has 0 atom stereocenters. The predicted molar refractivity (Wildman–Crippen MR) is 228 cm³/mol. The number of rotatable bonds is 7. The summed E-state index contributed by atoms with van der Waals surface area (Å²) in [6, 6.07) is 60.3. The largest absolute Gasteiger partial charge is 0.507 e. The van der Waals surface area contributed by atoms with Crippen molar-refractivity contribution in [2.75, 3.05) is 0 Å². The lowest BCUT2D eigenvalue weighted by Gasteiger charge is -2.27. The molecule has 0 unspecified atom stereocenters. The van der Waals surface area contributed by atoms with Gasteiger partial charge in [-0.2, -0.15) is 0 Å². The summed E-state index contributed by atoms with van der Waals surface area (Å²) in [4.78, 5) is 10.4. The van der Waals surface area contributed by atoms with E-state index in [2.05, 4.69) is 146 Å². The van der Waals surface area contributed by atoms with E-state index in [-0.39, 0.29) is 11.2 Å². The maximum absolute atomic E-state index is 11.3. The first-order valence-electron chi connectivity index (χ1n) is 18.9. The molecule has 10 rings (SSSR count). The van der Waals surface area contributed by atoms with Crippen LogP contribution in [0.25, 0.3) is 83.6 Å². The minimum Gasteiger partial charge on any atom is -0.507 e. The van der Waals surface area contributed by atoms with Crippen molar-refractivity contribution in [2.24, 2.45) is 0 Å². The summed E-state index contributed by atoms with van der Waals surface area (Å²) in [7, 11) is 0. The molecule has 268 valence electrons. The van der Waals surface area contributed by atoms with Crippen molar-refractivity contribution in [3.05, 3.63) is 193 Å². The van der Waals surface area contributed by atoms with Crippen LogP contribution in [-0.4, -0.2) is 19.6 Å². The maximum atomic E-state index is 11.3. The second-order valence-electron chi connectivity index (χ2n) is 14.8. The van der Waals surface area contributed by atoms with Crippen LogP contribution in [0.2, 0.25) is 0 Å². The molecule has 7 aromatic carbocycles. The van der Waals surface area contributed by atoms with Gasteiger partial charge in [0.1, 0.15) is 17.2 Å². The Labute approximate surface area is 324 Å². The van der Waals surface area contributed by atoms with Gasteiger partial charge in [-0.3, -0.25) is 9.55 Å². The fourth-order valence-electron chi connectivity index (χ4n) is 8.05. The molecule has 1 N–H and O–H groups in total. The zero-order chi connectivity index (χ0) is 37.8. The first kappa shape index (κ1) is 33.3. The molecule has 10 aromatic rings. The van der Waals surface area contributed by atoms with Crippen molar-refractivity contribution >= 4 is 33.0 Å². The third-order valence-electron chi connectivity index (χ3n) is 11.1. The molecule has 0 aliphatic rings. The fraction of sp³-hybridized carbons (Fsp3) is 0.0588. The first-order valence-corrected chi connectivity index (χ1v) is 18.9. The molecule has 0 aliphatic heterocycles. The second kappa shape index (κ2) is 13.3. The van der Waals surface area contributed by atoms with Gasteiger partial charge in [-0.1, -0.05) is 141 Å². The summed E-state index contributed by atoms with van der Waals surface area (Å²) in [5, 5.41) is 13.4.